The maximum Gasteiger partial charge on any atom is 0.290 e. The van der Waals surface area contributed by atoms with Crippen LogP contribution in [0.15, 0.2) is 65.2 Å². The summed E-state index contributed by atoms with van der Waals surface area (Å²) in [5.41, 5.74) is 2.70. The maximum atomic E-state index is 14.7. The molecule has 0 bridgehead atoms. The second-order valence-corrected chi connectivity index (χ2v) is 10.6. The smallest absolute Gasteiger partial charge is 0.290 e. The van der Waals surface area contributed by atoms with E-state index in [-0.39, 0.29) is 35.9 Å². The van der Waals surface area contributed by atoms with E-state index in [2.05, 4.69) is 23.7 Å². The number of amides is 2. The van der Waals surface area contributed by atoms with Crippen LogP contribution in [0.4, 0.5) is 10.1 Å². The quantitative estimate of drug-likeness (QED) is 0.320. The lowest BCUT2D eigenvalue weighted by Crippen LogP contribution is -2.41. The van der Waals surface area contributed by atoms with E-state index >= 15 is 0 Å². The van der Waals surface area contributed by atoms with Crippen LogP contribution in [0.1, 0.15) is 52.4 Å². The van der Waals surface area contributed by atoms with Gasteiger partial charge in [-0.15, -0.1) is 0 Å². The van der Waals surface area contributed by atoms with Gasteiger partial charge in [-0.25, -0.2) is 4.39 Å². The van der Waals surface area contributed by atoms with Gasteiger partial charge in [0.2, 0.25) is 0 Å². The molecule has 2 aromatic heterocycles. The molecule has 41 heavy (non-hydrogen) atoms. The van der Waals surface area contributed by atoms with E-state index in [1.54, 1.807) is 59.5 Å². The van der Waals surface area contributed by atoms with Crippen molar-refractivity contribution in [3.05, 3.63) is 89.2 Å². The zero-order valence-electron chi connectivity index (χ0n) is 23.9. The molecule has 3 heterocycles. The molecule has 1 aliphatic heterocycles. The van der Waals surface area contributed by atoms with Gasteiger partial charge in [0.05, 0.1) is 12.8 Å². The number of aryl methyl sites for hydroxylation is 1. The molecule has 0 atom stereocenters. The number of carbonyl (C=O) groups excluding carboxylic acids is 2. The van der Waals surface area contributed by atoms with Crippen LogP contribution in [0.3, 0.4) is 0 Å². The third kappa shape index (κ3) is 5.95. The molecular weight excluding hydrogens is 523 g/mol. The zero-order chi connectivity index (χ0) is 29.1. The van der Waals surface area contributed by atoms with Gasteiger partial charge in [-0.3, -0.25) is 19.5 Å². The van der Waals surface area contributed by atoms with Crippen molar-refractivity contribution in [1.82, 2.24) is 14.8 Å². The molecule has 1 aliphatic rings. The fraction of sp³-hybridized carbons (Fsp3) is 0.344. The lowest BCUT2D eigenvalue weighted by molar-refractivity contribution is 0.0681. The lowest BCUT2D eigenvalue weighted by Gasteiger charge is -2.29. The minimum absolute atomic E-state index is 0.173. The summed E-state index contributed by atoms with van der Waals surface area (Å²) in [7, 11) is 1.60. The first kappa shape index (κ1) is 28.3. The van der Waals surface area contributed by atoms with Crippen LogP contribution < -0.4 is 9.64 Å². The summed E-state index contributed by atoms with van der Waals surface area (Å²) >= 11 is 0. The Morgan fingerprint density at radius 2 is 1.83 bits per heavy atom. The first-order valence-electron chi connectivity index (χ1n) is 13.9. The highest BCUT2D eigenvalue weighted by Gasteiger charge is 2.29. The molecule has 0 radical (unpaired) electrons. The molecular formula is C32H35FN4O4. The number of carbonyl (C=O) groups is 2. The molecule has 2 amide bonds. The Kier molecular flexibility index (Phi) is 8.35. The van der Waals surface area contributed by atoms with E-state index in [1.807, 2.05) is 13.0 Å². The summed E-state index contributed by atoms with van der Waals surface area (Å²) in [6.07, 6.45) is 2.24. The predicted octanol–water partition coefficient (Wildman–Crippen LogP) is 5.69. The van der Waals surface area contributed by atoms with E-state index in [4.69, 9.17) is 9.15 Å². The molecule has 0 saturated carbocycles. The first-order chi connectivity index (χ1) is 19.8. The number of furan rings is 1. The Balaban J connectivity index is 1.57. The van der Waals surface area contributed by atoms with Gasteiger partial charge in [-0.05, 0) is 75.2 Å². The fourth-order valence-electron chi connectivity index (χ4n) is 5.32. The molecule has 5 rings (SSSR count). The van der Waals surface area contributed by atoms with E-state index in [1.165, 1.54) is 12.1 Å². The van der Waals surface area contributed by atoms with Crippen LogP contribution in [-0.2, 0) is 6.54 Å². The minimum atomic E-state index is -0.457. The van der Waals surface area contributed by atoms with Crippen molar-refractivity contribution in [1.29, 1.82) is 0 Å². The lowest BCUT2D eigenvalue weighted by atomic mass is 10.1. The number of hydrogen-bond acceptors (Lipinski definition) is 6. The van der Waals surface area contributed by atoms with Crippen molar-refractivity contribution in [2.45, 2.75) is 39.8 Å². The van der Waals surface area contributed by atoms with Crippen molar-refractivity contribution in [3.8, 4) is 5.75 Å². The van der Waals surface area contributed by atoms with Crippen LogP contribution in [-0.4, -0.2) is 65.9 Å². The van der Waals surface area contributed by atoms with Gasteiger partial charge >= 0.3 is 0 Å². The number of halogens is 1. The third-order valence-corrected chi connectivity index (χ3v) is 7.67. The number of fused-ring (bicyclic) bond motifs is 2. The fourth-order valence-corrected chi connectivity index (χ4v) is 5.32. The Morgan fingerprint density at radius 3 is 2.56 bits per heavy atom. The van der Waals surface area contributed by atoms with Crippen molar-refractivity contribution in [2.75, 3.05) is 38.2 Å². The van der Waals surface area contributed by atoms with Crippen molar-refractivity contribution in [2.24, 2.45) is 0 Å². The molecule has 4 aromatic rings. The van der Waals surface area contributed by atoms with Crippen LogP contribution >= 0.6 is 0 Å². The molecule has 214 valence electrons. The normalized spacial score (nSPS) is 15.1. The van der Waals surface area contributed by atoms with Crippen LogP contribution in [0.25, 0.3) is 11.0 Å². The zero-order valence-corrected chi connectivity index (χ0v) is 23.9. The number of ether oxygens (including phenoxy) is 1. The van der Waals surface area contributed by atoms with Gasteiger partial charge in [0.1, 0.15) is 22.8 Å². The third-order valence-electron chi connectivity index (χ3n) is 7.67. The summed E-state index contributed by atoms with van der Waals surface area (Å²) in [4.78, 5) is 37.6. The van der Waals surface area contributed by atoms with E-state index < -0.39 is 5.82 Å². The van der Waals surface area contributed by atoms with E-state index in [0.29, 0.717) is 55.2 Å². The monoisotopic (exact) mass is 558 g/mol. The SMILES string of the molecule is COc1ccc2oc(C(=O)N3CCN(C(C)C)CCCN(C(=O)c4ccccn4)c4cc(F)ccc4C3)c(C)c2c1. The molecule has 8 nitrogen and oxygen atoms in total. The minimum Gasteiger partial charge on any atom is -0.497 e. The van der Waals surface area contributed by atoms with Gasteiger partial charge in [-0.1, -0.05) is 12.1 Å². The topological polar surface area (TPSA) is 79.1 Å². The summed E-state index contributed by atoms with van der Waals surface area (Å²) in [5, 5.41) is 0.809. The van der Waals surface area contributed by atoms with Crippen molar-refractivity contribution < 1.29 is 23.1 Å². The van der Waals surface area contributed by atoms with Gasteiger partial charge in [-0.2, -0.15) is 0 Å². The molecule has 9 heteroatoms. The number of methoxy groups -OCH3 is 1. The molecule has 0 spiro atoms. The Hall–Kier alpha value is -4.24. The van der Waals surface area contributed by atoms with Gasteiger partial charge in [0, 0.05) is 55.9 Å². The molecule has 0 fully saturated rings. The second-order valence-electron chi connectivity index (χ2n) is 10.6. The van der Waals surface area contributed by atoms with Crippen molar-refractivity contribution in [3.63, 3.8) is 0 Å². The van der Waals surface area contributed by atoms with Crippen LogP contribution in [0.2, 0.25) is 0 Å². The number of anilines is 1. The maximum absolute atomic E-state index is 14.7. The molecule has 0 saturated heterocycles. The second kappa shape index (κ2) is 12.1. The number of rotatable bonds is 4. The first-order valence-corrected chi connectivity index (χ1v) is 13.9. The molecule has 0 unspecified atom stereocenters. The van der Waals surface area contributed by atoms with Crippen LogP contribution in [0, 0.1) is 12.7 Å². The van der Waals surface area contributed by atoms with Crippen LogP contribution in [0.5, 0.6) is 5.75 Å². The predicted molar refractivity (Wildman–Crippen MR) is 156 cm³/mol. The molecule has 2 aromatic carbocycles. The number of pyridine rings is 1. The highest BCUT2D eigenvalue weighted by Crippen LogP contribution is 2.31. The Bertz CT molecular complexity index is 1550. The van der Waals surface area contributed by atoms with E-state index in [9.17, 15) is 14.0 Å². The standard InChI is InChI=1S/C32H35FN4O4/c1-21(2)35-14-7-15-37(31(38)27-8-5-6-13-34-27)28-18-24(33)10-9-23(28)20-36(17-16-35)32(39)30-22(3)26-19-25(40-4)11-12-29(26)41-30/h5-6,8-13,18-19,21H,7,14-17,20H2,1-4H3. The average molecular weight is 559 g/mol. The average Bonchev–Trinajstić information content (AvgIpc) is 3.29. The number of benzene rings is 2. The summed E-state index contributed by atoms with van der Waals surface area (Å²) in [6, 6.07) is 15.2. The number of aromatic nitrogens is 1. The van der Waals surface area contributed by atoms with Gasteiger partial charge in [0.25, 0.3) is 11.8 Å². The summed E-state index contributed by atoms with van der Waals surface area (Å²) < 4.78 is 26.1. The van der Waals surface area contributed by atoms with Gasteiger partial charge < -0.3 is 19.0 Å². The molecule has 0 aliphatic carbocycles. The van der Waals surface area contributed by atoms with Crippen molar-refractivity contribution >= 4 is 28.5 Å². The number of nitrogens with zero attached hydrogens (tertiary/aromatic N) is 4. The highest BCUT2D eigenvalue weighted by atomic mass is 19.1. The summed E-state index contributed by atoms with van der Waals surface area (Å²) in [5.74, 6) is -0.103. The summed E-state index contributed by atoms with van der Waals surface area (Å²) in [6.45, 7) is 8.43. The van der Waals surface area contributed by atoms with E-state index in [0.717, 1.165) is 10.9 Å². The largest absolute Gasteiger partial charge is 0.497 e. The molecule has 0 N–H and O–H groups in total. The Labute approximate surface area is 239 Å². The highest BCUT2D eigenvalue weighted by molar-refractivity contribution is 6.05. The van der Waals surface area contributed by atoms with Gasteiger partial charge in [0.15, 0.2) is 5.76 Å². The number of hydrogen-bond donors (Lipinski definition) is 0. The Morgan fingerprint density at radius 1 is 1.00 bits per heavy atom.